The molecule has 3 rings (SSSR count). The molecule has 0 saturated carbocycles. The largest absolute Gasteiger partial charge is 0.354 e. The maximum Gasteiger partial charge on any atom is 0.229 e. The summed E-state index contributed by atoms with van der Waals surface area (Å²) in [6.07, 6.45) is 1.85. The number of aryl methyl sites for hydroxylation is 1. The lowest BCUT2D eigenvalue weighted by Crippen LogP contribution is -2.44. The van der Waals surface area contributed by atoms with Gasteiger partial charge in [-0.2, -0.15) is 0 Å². The molecule has 1 aliphatic rings. The number of piperazine rings is 1. The summed E-state index contributed by atoms with van der Waals surface area (Å²) < 4.78 is 0. The fraction of sp³-hybridized carbons (Fsp3) is 0.429. The van der Waals surface area contributed by atoms with Gasteiger partial charge >= 0.3 is 0 Å². The number of carbonyl (C=O) groups excluding carboxylic acids is 1. The number of anilines is 2. The van der Waals surface area contributed by atoms with Crippen molar-refractivity contribution in [3.05, 3.63) is 42.1 Å². The van der Waals surface area contributed by atoms with Crippen molar-refractivity contribution in [2.24, 2.45) is 5.92 Å². The zero-order valence-electron chi connectivity index (χ0n) is 16.1. The van der Waals surface area contributed by atoms with Crippen LogP contribution < -0.4 is 15.1 Å². The van der Waals surface area contributed by atoms with Crippen molar-refractivity contribution in [1.29, 1.82) is 0 Å². The molecular weight excluding hydrogens is 324 g/mol. The third-order valence-corrected chi connectivity index (χ3v) is 4.93. The Labute approximate surface area is 156 Å². The third kappa shape index (κ3) is 3.73. The minimum atomic E-state index is -0.0578. The van der Waals surface area contributed by atoms with E-state index in [0.29, 0.717) is 0 Å². The molecule has 1 aromatic heterocycles. The quantitative estimate of drug-likeness (QED) is 0.919. The fourth-order valence-electron chi connectivity index (χ4n) is 3.37. The molecule has 0 unspecified atom stereocenters. The number of pyridine rings is 1. The SMILES string of the molecule is Cc1ccccc1-c1cc(N2CCNCC2)ncc1N(C)C(=O)C(C)C. The summed E-state index contributed by atoms with van der Waals surface area (Å²) in [6.45, 7) is 9.78. The highest BCUT2D eigenvalue weighted by molar-refractivity contribution is 5.98. The van der Waals surface area contributed by atoms with Crippen molar-refractivity contribution in [3.63, 3.8) is 0 Å². The van der Waals surface area contributed by atoms with Gasteiger partial charge in [-0.25, -0.2) is 4.98 Å². The van der Waals surface area contributed by atoms with Gasteiger partial charge in [0.25, 0.3) is 0 Å². The van der Waals surface area contributed by atoms with Crippen molar-refractivity contribution in [2.75, 3.05) is 43.0 Å². The van der Waals surface area contributed by atoms with E-state index in [4.69, 9.17) is 0 Å². The van der Waals surface area contributed by atoms with E-state index in [1.54, 1.807) is 4.90 Å². The van der Waals surface area contributed by atoms with E-state index in [0.717, 1.165) is 48.8 Å². The summed E-state index contributed by atoms with van der Waals surface area (Å²) in [4.78, 5) is 21.3. The zero-order valence-corrected chi connectivity index (χ0v) is 16.1. The number of hydrogen-bond acceptors (Lipinski definition) is 4. The van der Waals surface area contributed by atoms with Crippen molar-refractivity contribution in [2.45, 2.75) is 20.8 Å². The topological polar surface area (TPSA) is 48.5 Å². The van der Waals surface area contributed by atoms with Crippen LogP contribution in [0, 0.1) is 12.8 Å². The monoisotopic (exact) mass is 352 g/mol. The van der Waals surface area contributed by atoms with Gasteiger partial charge < -0.3 is 15.1 Å². The van der Waals surface area contributed by atoms with Crippen molar-refractivity contribution < 1.29 is 4.79 Å². The second-order valence-corrected chi connectivity index (χ2v) is 7.16. The van der Waals surface area contributed by atoms with Crippen LogP contribution in [0.15, 0.2) is 36.5 Å². The van der Waals surface area contributed by atoms with Crippen LogP contribution in [-0.4, -0.2) is 44.1 Å². The molecule has 1 N–H and O–H groups in total. The minimum Gasteiger partial charge on any atom is -0.354 e. The van der Waals surface area contributed by atoms with E-state index in [2.05, 4.69) is 40.3 Å². The molecule has 26 heavy (non-hydrogen) atoms. The molecule has 0 bridgehead atoms. The summed E-state index contributed by atoms with van der Waals surface area (Å²) in [5.74, 6) is 1.01. The Hall–Kier alpha value is -2.40. The highest BCUT2D eigenvalue weighted by Gasteiger charge is 2.21. The smallest absolute Gasteiger partial charge is 0.229 e. The molecule has 5 heteroatoms. The molecule has 138 valence electrons. The Morgan fingerprint density at radius 3 is 2.54 bits per heavy atom. The van der Waals surface area contributed by atoms with E-state index in [1.165, 1.54) is 5.56 Å². The Bertz CT molecular complexity index is 781. The Kier molecular flexibility index (Phi) is 5.57. The van der Waals surface area contributed by atoms with Gasteiger partial charge in [0, 0.05) is 44.7 Å². The fourth-order valence-corrected chi connectivity index (χ4v) is 3.37. The minimum absolute atomic E-state index is 0.0578. The number of carbonyl (C=O) groups is 1. The van der Waals surface area contributed by atoms with Crippen LogP contribution in [0.25, 0.3) is 11.1 Å². The average molecular weight is 352 g/mol. The molecule has 0 radical (unpaired) electrons. The number of rotatable bonds is 4. The summed E-state index contributed by atoms with van der Waals surface area (Å²) in [5, 5.41) is 3.37. The molecule has 0 spiro atoms. The van der Waals surface area contributed by atoms with E-state index >= 15 is 0 Å². The van der Waals surface area contributed by atoms with Gasteiger partial charge in [0.05, 0.1) is 11.9 Å². The summed E-state index contributed by atoms with van der Waals surface area (Å²) in [7, 11) is 1.84. The van der Waals surface area contributed by atoms with Gasteiger partial charge in [0.2, 0.25) is 5.91 Å². The lowest BCUT2D eigenvalue weighted by atomic mass is 9.99. The number of aromatic nitrogens is 1. The molecule has 2 heterocycles. The molecule has 5 nitrogen and oxygen atoms in total. The predicted molar refractivity (Wildman–Crippen MR) is 108 cm³/mol. The van der Waals surface area contributed by atoms with Gasteiger partial charge in [0.1, 0.15) is 5.82 Å². The highest BCUT2D eigenvalue weighted by atomic mass is 16.2. The molecule has 1 saturated heterocycles. The van der Waals surface area contributed by atoms with Crippen LogP contribution in [0.1, 0.15) is 19.4 Å². The molecule has 1 aromatic carbocycles. The maximum absolute atomic E-state index is 12.6. The maximum atomic E-state index is 12.6. The van der Waals surface area contributed by atoms with Crippen LogP contribution in [0.3, 0.4) is 0 Å². The van der Waals surface area contributed by atoms with Crippen LogP contribution >= 0.6 is 0 Å². The number of amides is 1. The van der Waals surface area contributed by atoms with Gasteiger partial charge in [-0.05, 0) is 24.1 Å². The van der Waals surface area contributed by atoms with Gasteiger partial charge in [-0.3, -0.25) is 4.79 Å². The summed E-state index contributed by atoms with van der Waals surface area (Å²) >= 11 is 0. The summed E-state index contributed by atoms with van der Waals surface area (Å²) in [6, 6.07) is 10.4. The van der Waals surface area contributed by atoms with Crippen molar-refractivity contribution >= 4 is 17.4 Å². The highest BCUT2D eigenvalue weighted by Crippen LogP contribution is 2.35. The molecule has 0 atom stereocenters. The number of nitrogens with zero attached hydrogens (tertiary/aromatic N) is 3. The molecule has 2 aromatic rings. The third-order valence-electron chi connectivity index (χ3n) is 4.93. The molecular formula is C21H28N4O. The molecule has 1 aliphatic heterocycles. The van der Waals surface area contributed by atoms with Gasteiger partial charge in [-0.15, -0.1) is 0 Å². The normalized spacial score (nSPS) is 14.6. The summed E-state index contributed by atoms with van der Waals surface area (Å²) in [5.41, 5.74) is 4.25. The van der Waals surface area contributed by atoms with Crippen molar-refractivity contribution in [3.8, 4) is 11.1 Å². The lowest BCUT2D eigenvalue weighted by molar-refractivity contribution is -0.121. The molecule has 0 aliphatic carbocycles. The first-order chi connectivity index (χ1) is 12.5. The molecule has 1 amide bonds. The van der Waals surface area contributed by atoms with E-state index in [-0.39, 0.29) is 11.8 Å². The van der Waals surface area contributed by atoms with Crippen LogP contribution in [0.2, 0.25) is 0 Å². The van der Waals surface area contributed by atoms with Crippen LogP contribution in [-0.2, 0) is 4.79 Å². The second kappa shape index (κ2) is 7.87. The predicted octanol–water partition coefficient (Wildman–Crippen LogP) is 3.09. The molecule has 1 fully saturated rings. The van der Waals surface area contributed by atoms with E-state index in [1.807, 2.05) is 39.2 Å². The van der Waals surface area contributed by atoms with Crippen molar-refractivity contribution in [1.82, 2.24) is 10.3 Å². The Morgan fingerprint density at radius 1 is 1.19 bits per heavy atom. The Balaban J connectivity index is 2.09. The zero-order chi connectivity index (χ0) is 18.7. The first-order valence-corrected chi connectivity index (χ1v) is 9.28. The number of benzene rings is 1. The lowest BCUT2D eigenvalue weighted by Gasteiger charge is -2.30. The van der Waals surface area contributed by atoms with Gasteiger partial charge in [0.15, 0.2) is 0 Å². The Morgan fingerprint density at radius 2 is 1.88 bits per heavy atom. The van der Waals surface area contributed by atoms with Crippen LogP contribution in [0.4, 0.5) is 11.5 Å². The van der Waals surface area contributed by atoms with Gasteiger partial charge in [-0.1, -0.05) is 38.1 Å². The standard InChI is InChI=1S/C21H28N4O/c1-15(2)21(26)24(4)19-14-23-20(25-11-9-22-10-12-25)13-18(19)17-8-6-5-7-16(17)3/h5-8,13-15,22H,9-12H2,1-4H3. The van der Waals surface area contributed by atoms with E-state index in [9.17, 15) is 4.79 Å². The number of nitrogens with one attached hydrogen (secondary N) is 1. The second-order valence-electron chi connectivity index (χ2n) is 7.16. The average Bonchev–Trinajstić information content (AvgIpc) is 2.67. The van der Waals surface area contributed by atoms with Crippen LogP contribution in [0.5, 0.6) is 0 Å². The van der Waals surface area contributed by atoms with E-state index < -0.39 is 0 Å². The first kappa shape index (κ1) is 18.4. The first-order valence-electron chi connectivity index (χ1n) is 9.28. The number of hydrogen-bond donors (Lipinski definition) is 1.